The highest BCUT2D eigenvalue weighted by Gasteiger charge is 2.03. The quantitative estimate of drug-likeness (QED) is 0.171. The van der Waals surface area contributed by atoms with Crippen molar-refractivity contribution in [1.29, 1.82) is 5.26 Å². The van der Waals surface area contributed by atoms with E-state index in [1.807, 2.05) is 0 Å². The summed E-state index contributed by atoms with van der Waals surface area (Å²) in [5, 5.41) is 9.20. The second kappa shape index (κ2) is 5.62. The number of esters is 1. The van der Waals surface area contributed by atoms with Gasteiger partial charge in [0.25, 0.3) is 6.26 Å². The van der Waals surface area contributed by atoms with E-state index in [0.717, 1.165) is 0 Å². The first-order valence-electron chi connectivity index (χ1n) is 2.71. The Balaban J connectivity index is 3.64. The number of nitrogens with zero attached hydrogens (tertiary/aromatic N) is 1. The second-order valence-electron chi connectivity index (χ2n) is 1.60. The van der Waals surface area contributed by atoms with E-state index in [-0.39, 0.29) is 6.79 Å². The summed E-state index contributed by atoms with van der Waals surface area (Å²) < 4.78 is 8.54. The van der Waals surface area contributed by atoms with E-state index in [1.54, 1.807) is 6.92 Å². The summed E-state index contributed by atoms with van der Waals surface area (Å²) in [7, 11) is 0. The number of hydrogen-bond donors (Lipinski definition) is 1. The lowest BCUT2D eigenvalue weighted by Gasteiger charge is -1.99. The van der Waals surface area contributed by atoms with Crippen LogP contribution in [-0.2, 0) is 14.3 Å². The number of carbonyl (C=O) groups excluding carboxylic acids is 1. The zero-order valence-electron chi connectivity index (χ0n) is 5.90. The normalized spacial score (nSPS) is 10.1. The Kier molecular flexibility index (Phi) is 5.03. The molecule has 0 bridgehead atoms. The molecule has 0 radical (unpaired) electrons. The summed E-state index contributed by atoms with van der Waals surface area (Å²) in [5.41, 5.74) is 0.356. The molecule has 0 aromatic rings. The number of carbonyl (C=O) groups is 1. The molecule has 0 aliphatic carbocycles. The number of hydrogen-bond acceptors (Lipinski definition) is 5. The Hall–Kier alpha value is -1.15. The van der Waals surface area contributed by atoms with Gasteiger partial charge in [0, 0.05) is 5.57 Å². The summed E-state index contributed by atoms with van der Waals surface area (Å²) in [5.74, 6) is -0.546. The van der Waals surface area contributed by atoms with Crippen molar-refractivity contribution in [2.24, 2.45) is 0 Å². The first-order chi connectivity index (χ1) is 5.22. The zero-order chi connectivity index (χ0) is 8.69. The minimum Gasteiger partial charge on any atom is -0.424 e. The molecular formula is C6H7NO3S. The fourth-order valence-corrected chi connectivity index (χ4v) is 0.381. The largest absolute Gasteiger partial charge is 0.424 e. The minimum atomic E-state index is -0.546. The van der Waals surface area contributed by atoms with Crippen LogP contribution in [0, 0.1) is 11.5 Å². The Morgan fingerprint density at radius 1 is 1.82 bits per heavy atom. The van der Waals surface area contributed by atoms with E-state index >= 15 is 0 Å². The molecule has 0 saturated heterocycles. The van der Waals surface area contributed by atoms with Crippen LogP contribution >= 0.6 is 12.6 Å². The fourth-order valence-electron chi connectivity index (χ4n) is 0.276. The maximum absolute atomic E-state index is 10.7. The van der Waals surface area contributed by atoms with Gasteiger partial charge in [-0.25, -0.2) is 4.79 Å². The molecule has 5 heteroatoms. The molecule has 0 atom stereocenters. The van der Waals surface area contributed by atoms with Crippen LogP contribution in [0.3, 0.4) is 0 Å². The molecule has 0 unspecified atom stereocenters. The standard InChI is InChI=1S/C6H7NO3S/c1-5(2-11)6(8)10-4-9-3-7/h2,11H,4H2,1H3/b5-2+. The van der Waals surface area contributed by atoms with Gasteiger partial charge in [-0.1, -0.05) is 0 Å². The minimum absolute atomic E-state index is 0.353. The van der Waals surface area contributed by atoms with E-state index in [2.05, 4.69) is 22.1 Å². The molecule has 4 nitrogen and oxygen atoms in total. The average Bonchev–Trinajstić information content (AvgIpc) is 2.03. The summed E-state index contributed by atoms with van der Waals surface area (Å²) in [6.07, 6.45) is 1.36. The van der Waals surface area contributed by atoms with E-state index < -0.39 is 5.97 Å². The average molecular weight is 173 g/mol. The number of ether oxygens (including phenoxy) is 2. The third kappa shape index (κ3) is 4.28. The molecule has 0 N–H and O–H groups in total. The lowest BCUT2D eigenvalue weighted by molar-refractivity contribution is -0.146. The van der Waals surface area contributed by atoms with Crippen LogP contribution in [0.25, 0.3) is 0 Å². The van der Waals surface area contributed by atoms with Gasteiger partial charge in [0.05, 0.1) is 0 Å². The van der Waals surface area contributed by atoms with Crippen molar-refractivity contribution >= 4 is 18.6 Å². The summed E-state index contributed by atoms with van der Waals surface area (Å²) in [4.78, 5) is 10.7. The van der Waals surface area contributed by atoms with Gasteiger partial charge in [0.15, 0.2) is 0 Å². The van der Waals surface area contributed by atoms with Gasteiger partial charge in [-0.2, -0.15) is 17.9 Å². The van der Waals surface area contributed by atoms with Crippen LogP contribution in [0.1, 0.15) is 6.92 Å². The number of rotatable bonds is 3. The van der Waals surface area contributed by atoms with Crippen molar-refractivity contribution in [3.05, 3.63) is 11.0 Å². The van der Waals surface area contributed by atoms with E-state index in [0.29, 0.717) is 5.57 Å². The summed E-state index contributed by atoms with van der Waals surface area (Å²) in [6, 6.07) is 0. The SMILES string of the molecule is C/C(=C\S)C(=O)OCOC#N. The van der Waals surface area contributed by atoms with Crippen LogP contribution in [-0.4, -0.2) is 12.8 Å². The molecule has 0 aromatic carbocycles. The molecule has 0 fully saturated rings. The van der Waals surface area contributed by atoms with E-state index in [1.165, 1.54) is 11.7 Å². The van der Waals surface area contributed by atoms with Crippen molar-refractivity contribution in [2.75, 3.05) is 6.79 Å². The zero-order valence-corrected chi connectivity index (χ0v) is 6.80. The number of nitriles is 1. The first-order valence-corrected chi connectivity index (χ1v) is 3.23. The highest BCUT2D eigenvalue weighted by molar-refractivity contribution is 7.83. The number of thiol groups is 1. The summed E-state index contributed by atoms with van der Waals surface area (Å²) in [6.45, 7) is 1.19. The van der Waals surface area contributed by atoms with E-state index in [9.17, 15) is 4.79 Å². The summed E-state index contributed by atoms with van der Waals surface area (Å²) >= 11 is 3.73. The topological polar surface area (TPSA) is 59.3 Å². The maximum Gasteiger partial charge on any atom is 0.337 e. The van der Waals surface area contributed by atoms with Gasteiger partial charge in [0.2, 0.25) is 6.79 Å². The molecule has 60 valence electrons. The second-order valence-corrected chi connectivity index (χ2v) is 1.86. The van der Waals surface area contributed by atoms with E-state index in [4.69, 9.17) is 5.26 Å². The highest BCUT2D eigenvalue weighted by Crippen LogP contribution is 1.97. The third-order valence-electron chi connectivity index (χ3n) is 0.829. The van der Waals surface area contributed by atoms with Gasteiger partial charge in [0.1, 0.15) is 0 Å². The first kappa shape index (κ1) is 9.85. The van der Waals surface area contributed by atoms with Crippen LogP contribution in [0.2, 0.25) is 0 Å². The molecular weight excluding hydrogens is 166 g/mol. The molecule has 0 rings (SSSR count). The van der Waals surface area contributed by atoms with Crippen LogP contribution in [0.5, 0.6) is 0 Å². The lowest BCUT2D eigenvalue weighted by Crippen LogP contribution is -2.07. The van der Waals surface area contributed by atoms with Gasteiger partial charge < -0.3 is 9.47 Å². The Bertz CT molecular complexity index is 206. The van der Waals surface area contributed by atoms with Gasteiger partial charge in [-0.05, 0) is 12.3 Å². The molecule has 0 heterocycles. The van der Waals surface area contributed by atoms with Crippen molar-refractivity contribution in [3.8, 4) is 6.26 Å². The van der Waals surface area contributed by atoms with Crippen molar-refractivity contribution in [2.45, 2.75) is 6.92 Å². The molecule has 0 amide bonds. The van der Waals surface area contributed by atoms with Crippen molar-refractivity contribution in [1.82, 2.24) is 0 Å². The van der Waals surface area contributed by atoms with Crippen LogP contribution in [0.15, 0.2) is 11.0 Å². The van der Waals surface area contributed by atoms with Crippen LogP contribution < -0.4 is 0 Å². The molecule has 0 aliphatic heterocycles. The van der Waals surface area contributed by atoms with Crippen molar-refractivity contribution in [3.63, 3.8) is 0 Å². The lowest BCUT2D eigenvalue weighted by atomic mass is 10.4. The van der Waals surface area contributed by atoms with Crippen LogP contribution in [0.4, 0.5) is 0 Å². The Morgan fingerprint density at radius 3 is 2.91 bits per heavy atom. The van der Waals surface area contributed by atoms with Gasteiger partial charge in [-0.15, -0.1) is 0 Å². The smallest absolute Gasteiger partial charge is 0.337 e. The predicted molar refractivity (Wildman–Crippen MR) is 40.4 cm³/mol. The molecule has 0 spiro atoms. The Labute approximate surface area is 69.8 Å². The Morgan fingerprint density at radius 2 is 2.45 bits per heavy atom. The van der Waals surface area contributed by atoms with Gasteiger partial charge in [-0.3, -0.25) is 0 Å². The maximum atomic E-state index is 10.7. The molecule has 0 aromatic heterocycles. The molecule has 0 saturated carbocycles. The van der Waals surface area contributed by atoms with Crippen molar-refractivity contribution < 1.29 is 14.3 Å². The highest BCUT2D eigenvalue weighted by atomic mass is 32.1. The monoisotopic (exact) mass is 173 g/mol. The molecule has 11 heavy (non-hydrogen) atoms. The van der Waals surface area contributed by atoms with Gasteiger partial charge >= 0.3 is 5.97 Å². The third-order valence-corrected chi connectivity index (χ3v) is 1.22. The fraction of sp³-hybridized carbons (Fsp3) is 0.333. The predicted octanol–water partition coefficient (Wildman–Crippen LogP) is 0.818. The molecule has 0 aliphatic rings.